The molecule has 0 fully saturated rings. The molecule has 0 atom stereocenters. The molecule has 1 N–H and O–H groups in total. The summed E-state index contributed by atoms with van der Waals surface area (Å²) in [7, 11) is 4.14. The average molecular weight is 246 g/mol. The summed E-state index contributed by atoms with van der Waals surface area (Å²) in [4.78, 5) is 3.51. The Labute approximate surface area is 107 Å². The van der Waals surface area contributed by atoms with Gasteiger partial charge in [-0.05, 0) is 29.1 Å². The molecule has 0 unspecified atom stereocenters. The van der Waals surface area contributed by atoms with Crippen molar-refractivity contribution in [3.8, 4) is 0 Å². The van der Waals surface area contributed by atoms with Gasteiger partial charge in [0.2, 0.25) is 0 Å². The normalized spacial score (nSPS) is 10.5. The van der Waals surface area contributed by atoms with E-state index in [1.165, 1.54) is 16.1 Å². The van der Waals surface area contributed by atoms with E-state index in [0.29, 0.717) is 0 Å². The first-order valence-electron chi connectivity index (χ1n) is 5.75. The SMILES string of the molecule is CN(C)c1cccc(CNCc2cccs2)c1. The molecule has 3 heteroatoms. The Bertz CT molecular complexity index is 449. The van der Waals surface area contributed by atoms with Crippen LogP contribution >= 0.6 is 11.3 Å². The van der Waals surface area contributed by atoms with E-state index in [4.69, 9.17) is 0 Å². The van der Waals surface area contributed by atoms with Gasteiger partial charge < -0.3 is 10.2 Å². The average Bonchev–Trinajstić information content (AvgIpc) is 2.82. The van der Waals surface area contributed by atoms with E-state index in [1.54, 1.807) is 11.3 Å². The number of hydrogen-bond donors (Lipinski definition) is 1. The minimum atomic E-state index is 0.916. The molecule has 90 valence electrons. The van der Waals surface area contributed by atoms with Crippen LogP contribution in [0.2, 0.25) is 0 Å². The fourth-order valence-electron chi connectivity index (χ4n) is 1.69. The topological polar surface area (TPSA) is 15.3 Å². The lowest BCUT2D eigenvalue weighted by Gasteiger charge is -2.13. The number of benzene rings is 1. The zero-order valence-electron chi connectivity index (χ0n) is 10.3. The summed E-state index contributed by atoms with van der Waals surface area (Å²) >= 11 is 1.80. The van der Waals surface area contributed by atoms with Crippen molar-refractivity contribution in [3.05, 3.63) is 52.2 Å². The third-order valence-corrected chi connectivity index (χ3v) is 3.51. The second kappa shape index (κ2) is 5.84. The van der Waals surface area contributed by atoms with E-state index in [-0.39, 0.29) is 0 Å². The molecule has 0 aliphatic carbocycles. The van der Waals surface area contributed by atoms with Crippen LogP contribution in [0.3, 0.4) is 0 Å². The van der Waals surface area contributed by atoms with E-state index in [2.05, 4.69) is 66.1 Å². The zero-order valence-corrected chi connectivity index (χ0v) is 11.1. The standard InChI is InChI=1S/C14H18N2S/c1-16(2)13-6-3-5-12(9-13)10-15-11-14-7-4-8-17-14/h3-9,15H,10-11H2,1-2H3. The summed E-state index contributed by atoms with van der Waals surface area (Å²) in [5, 5.41) is 5.58. The molecule has 1 heterocycles. The van der Waals surface area contributed by atoms with E-state index >= 15 is 0 Å². The summed E-state index contributed by atoms with van der Waals surface area (Å²) in [6, 6.07) is 12.9. The molecule has 0 aliphatic heterocycles. The maximum atomic E-state index is 3.46. The Morgan fingerprint density at radius 1 is 1.12 bits per heavy atom. The van der Waals surface area contributed by atoms with Crippen LogP contribution in [0.5, 0.6) is 0 Å². The predicted octanol–water partition coefficient (Wildman–Crippen LogP) is 3.10. The summed E-state index contributed by atoms with van der Waals surface area (Å²) < 4.78 is 0. The minimum Gasteiger partial charge on any atom is -0.378 e. The lowest BCUT2D eigenvalue weighted by molar-refractivity contribution is 0.701. The molecule has 0 aliphatic rings. The maximum Gasteiger partial charge on any atom is 0.0364 e. The largest absolute Gasteiger partial charge is 0.378 e. The van der Waals surface area contributed by atoms with Crippen LogP contribution < -0.4 is 10.2 Å². The Morgan fingerprint density at radius 2 is 2.00 bits per heavy atom. The number of nitrogens with one attached hydrogen (secondary N) is 1. The van der Waals surface area contributed by atoms with Gasteiger partial charge in [-0.1, -0.05) is 18.2 Å². The molecule has 2 nitrogen and oxygen atoms in total. The van der Waals surface area contributed by atoms with Crippen molar-refractivity contribution in [2.24, 2.45) is 0 Å². The monoisotopic (exact) mass is 246 g/mol. The van der Waals surface area contributed by atoms with Crippen molar-refractivity contribution in [2.45, 2.75) is 13.1 Å². The molecular formula is C14H18N2S. The van der Waals surface area contributed by atoms with E-state index in [0.717, 1.165) is 13.1 Å². The van der Waals surface area contributed by atoms with Crippen LogP contribution in [0.15, 0.2) is 41.8 Å². The van der Waals surface area contributed by atoms with Crippen LogP contribution in [0.1, 0.15) is 10.4 Å². The Morgan fingerprint density at radius 3 is 2.71 bits per heavy atom. The highest BCUT2D eigenvalue weighted by Gasteiger charge is 1.98. The number of thiophene rings is 1. The van der Waals surface area contributed by atoms with Crippen molar-refractivity contribution in [1.29, 1.82) is 0 Å². The van der Waals surface area contributed by atoms with Crippen LogP contribution in [-0.2, 0) is 13.1 Å². The van der Waals surface area contributed by atoms with E-state index < -0.39 is 0 Å². The van der Waals surface area contributed by atoms with Gasteiger partial charge in [0.1, 0.15) is 0 Å². The first kappa shape index (κ1) is 12.1. The molecule has 0 radical (unpaired) electrons. The van der Waals surface area contributed by atoms with Gasteiger partial charge in [-0.25, -0.2) is 0 Å². The first-order valence-corrected chi connectivity index (χ1v) is 6.63. The molecular weight excluding hydrogens is 228 g/mol. The van der Waals surface area contributed by atoms with Crippen LogP contribution in [0, 0.1) is 0 Å². The van der Waals surface area contributed by atoms with Crippen molar-refractivity contribution < 1.29 is 0 Å². The summed E-state index contributed by atoms with van der Waals surface area (Å²) in [6.45, 7) is 1.86. The highest BCUT2D eigenvalue weighted by Crippen LogP contribution is 2.13. The minimum absolute atomic E-state index is 0.916. The van der Waals surface area contributed by atoms with Crippen molar-refractivity contribution in [3.63, 3.8) is 0 Å². The Kier molecular flexibility index (Phi) is 4.18. The van der Waals surface area contributed by atoms with E-state index in [1.807, 2.05) is 0 Å². The number of nitrogens with zero attached hydrogens (tertiary/aromatic N) is 1. The van der Waals surface area contributed by atoms with Gasteiger partial charge >= 0.3 is 0 Å². The van der Waals surface area contributed by atoms with Gasteiger partial charge in [0, 0.05) is 37.7 Å². The van der Waals surface area contributed by atoms with Gasteiger partial charge in [-0.3, -0.25) is 0 Å². The van der Waals surface area contributed by atoms with E-state index in [9.17, 15) is 0 Å². The second-order valence-electron chi connectivity index (χ2n) is 4.25. The summed E-state index contributed by atoms with van der Waals surface area (Å²) in [5.41, 5.74) is 2.58. The lowest BCUT2D eigenvalue weighted by atomic mass is 10.2. The second-order valence-corrected chi connectivity index (χ2v) is 5.28. The smallest absolute Gasteiger partial charge is 0.0364 e. The molecule has 0 amide bonds. The van der Waals surface area contributed by atoms with Crippen molar-refractivity contribution in [2.75, 3.05) is 19.0 Å². The van der Waals surface area contributed by atoms with Gasteiger partial charge in [0.15, 0.2) is 0 Å². The van der Waals surface area contributed by atoms with Gasteiger partial charge in [-0.2, -0.15) is 0 Å². The highest BCUT2D eigenvalue weighted by molar-refractivity contribution is 7.09. The highest BCUT2D eigenvalue weighted by atomic mass is 32.1. The van der Waals surface area contributed by atoms with Crippen LogP contribution in [0.25, 0.3) is 0 Å². The fourth-order valence-corrected chi connectivity index (χ4v) is 2.36. The molecule has 0 saturated heterocycles. The molecule has 17 heavy (non-hydrogen) atoms. The van der Waals surface area contributed by atoms with Gasteiger partial charge in [-0.15, -0.1) is 11.3 Å². The fraction of sp³-hybridized carbons (Fsp3) is 0.286. The van der Waals surface area contributed by atoms with Gasteiger partial charge in [0.05, 0.1) is 0 Å². The Balaban J connectivity index is 1.88. The molecule has 2 rings (SSSR count). The molecule has 0 saturated carbocycles. The quantitative estimate of drug-likeness (QED) is 0.872. The number of anilines is 1. The Hall–Kier alpha value is -1.32. The maximum absolute atomic E-state index is 3.46. The molecule has 1 aromatic heterocycles. The first-order chi connectivity index (χ1) is 8.25. The molecule has 0 bridgehead atoms. The predicted molar refractivity (Wildman–Crippen MR) is 75.6 cm³/mol. The van der Waals surface area contributed by atoms with Crippen LogP contribution in [-0.4, -0.2) is 14.1 Å². The summed E-state index contributed by atoms with van der Waals surface area (Å²) in [5.74, 6) is 0. The third kappa shape index (κ3) is 3.58. The molecule has 1 aromatic carbocycles. The lowest BCUT2D eigenvalue weighted by Crippen LogP contribution is -2.13. The summed E-state index contributed by atoms with van der Waals surface area (Å²) in [6.07, 6.45) is 0. The van der Waals surface area contributed by atoms with Gasteiger partial charge in [0.25, 0.3) is 0 Å². The number of rotatable bonds is 5. The van der Waals surface area contributed by atoms with Crippen molar-refractivity contribution >= 4 is 17.0 Å². The number of hydrogen-bond acceptors (Lipinski definition) is 3. The third-order valence-electron chi connectivity index (χ3n) is 2.64. The zero-order chi connectivity index (χ0) is 12.1. The molecule has 2 aromatic rings. The van der Waals surface area contributed by atoms with Crippen molar-refractivity contribution in [1.82, 2.24) is 5.32 Å². The van der Waals surface area contributed by atoms with Crippen LogP contribution in [0.4, 0.5) is 5.69 Å². The molecule has 0 spiro atoms.